The molecule has 0 radical (unpaired) electrons. The van der Waals surface area contributed by atoms with Crippen molar-refractivity contribution in [3.8, 4) is 11.5 Å². The monoisotopic (exact) mass is 340 g/mol. The van der Waals surface area contributed by atoms with Gasteiger partial charge >= 0.3 is 0 Å². The molecule has 2 aliphatic rings. The lowest BCUT2D eigenvalue weighted by atomic mass is 10.1. The smallest absolute Gasteiger partial charge is 0.237 e. The average molecular weight is 340 g/mol. The topological polar surface area (TPSA) is 76.6 Å². The maximum atomic E-state index is 12.5. The number of benzene rings is 1. The molecule has 7 heteroatoms. The zero-order valence-corrected chi connectivity index (χ0v) is 14.1. The van der Waals surface area contributed by atoms with E-state index in [1.54, 1.807) is 6.33 Å². The number of rotatable bonds is 4. The van der Waals surface area contributed by atoms with Crippen molar-refractivity contribution in [2.45, 2.75) is 32.5 Å². The van der Waals surface area contributed by atoms with Gasteiger partial charge in [0, 0.05) is 25.8 Å². The van der Waals surface area contributed by atoms with Crippen LogP contribution < -0.4 is 14.8 Å². The summed E-state index contributed by atoms with van der Waals surface area (Å²) in [6, 6.07) is 5.50. The minimum atomic E-state index is -0.211. The highest BCUT2D eigenvalue weighted by atomic mass is 16.7. The van der Waals surface area contributed by atoms with E-state index in [-0.39, 0.29) is 18.7 Å². The van der Waals surface area contributed by atoms with Gasteiger partial charge in [-0.05, 0) is 36.6 Å². The fourth-order valence-corrected chi connectivity index (χ4v) is 3.15. The maximum Gasteiger partial charge on any atom is 0.237 e. The molecule has 0 saturated heterocycles. The number of carbonyl (C=O) groups is 1. The number of carbonyl (C=O) groups excluding carboxylic acids is 1. The molecule has 7 nitrogen and oxygen atoms in total. The van der Waals surface area contributed by atoms with E-state index in [9.17, 15) is 4.79 Å². The van der Waals surface area contributed by atoms with Gasteiger partial charge in [0.2, 0.25) is 12.7 Å². The lowest BCUT2D eigenvalue weighted by Crippen LogP contribution is -2.47. The van der Waals surface area contributed by atoms with Gasteiger partial charge in [0.1, 0.15) is 6.33 Å². The molecule has 0 unspecified atom stereocenters. The van der Waals surface area contributed by atoms with Crippen molar-refractivity contribution in [3.63, 3.8) is 0 Å². The minimum Gasteiger partial charge on any atom is -0.454 e. The molecule has 0 fully saturated rings. The fourth-order valence-electron chi connectivity index (χ4n) is 3.15. The van der Waals surface area contributed by atoms with Crippen molar-refractivity contribution >= 4 is 5.91 Å². The molecular weight excluding hydrogens is 320 g/mol. The highest BCUT2D eigenvalue weighted by Gasteiger charge is 2.26. The van der Waals surface area contributed by atoms with Gasteiger partial charge in [-0.2, -0.15) is 0 Å². The van der Waals surface area contributed by atoms with Gasteiger partial charge in [-0.3, -0.25) is 9.69 Å². The summed E-state index contributed by atoms with van der Waals surface area (Å²) in [7, 11) is 0. The lowest BCUT2D eigenvalue weighted by Gasteiger charge is -2.31. The Bertz CT molecular complexity index is 796. The first-order valence-electron chi connectivity index (χ1n) is 8.39. The number of ether oxygens (including phenoxy) is 2. The van der Waals surface area contributed by atoms with Gasteiger partial charge in [0.25, 0.3) is 0 Å². The summed E-state index contributed by atoms with van der Waals surface area (Å²) < 4.78 is 10.7. The van der Waals surface area contributed by atoms with Gasteiger partial charge < -0.3 is 14.8 Å². The summed E-state index contributed by atoms with van der Waals surface area (Å²) in [6.45, 7) is 4.16. The normalized spacial score (nSPS) is 17.0. The molecule has 1 atom stereocenters. The lowest BCUT2D eigenvalue weighted by molar-refractivity contribution is -0.126. The summed E-state index contributed by atoms with van der Waals surface area (Å²) >= 11 is 0. The summed E-state index contributed by atoms with van der Waals surface area (Å²) in [6.07, 6.45) is 4.30. The number of aromatic nitrogens is 2. The molecule has 0 spiro atoms. The molecule has 2 aromatic rings. The Hall–Kier alpha value is -2.67. The first-order valence-corrected chi connectivity index (χ1v) is 8.39. The van der Waals surface area contributed by atoms with E-state index in [2.05, 4.69) is 20.2 Å². The summed E-state index contributed by atoms with van der Waals surface area (Å²) in [5, 5.41) is 3.00. The van der Waals surface area contributed by atoms with Crippen LogP contribution in [-0.4, -0.2) is 40.2 Å². The first-order chi connectivity index (χ1) is 12.2. The van der Waals surface area contributed by atoms with E-state index in [1.165, 1.54) is 5.56 Å². The quantitative estimate of drug-likeness (QED) is 0.903. The second kappa shape index (κ2) is 6.68. The van der Waals surface area contributed by atoms with Gasteiger partial charge in [-0.15, -0.1) is 0 Å². The van der Waals surface area contributed by atoms with Crippen molar-refractivity contribution in [1.82, 2.24) is 20.2 Å². The summed E-state index contributed by atoms with van der Waals surface area (Å²) in [5.74, 6) is 1.49. The molecule has 2 aliphatic heterocycles. The van der Waals surface area contributed by atoms with E-state index < -0.39 is 0 Å². The Kier molecular flexibility index (Phi) is 4.23. The zero-order valence-electron chi connectivity index (χ0n) is 14.1. The Morgan fingerprint density at radius 1 is 1.36 bits per heavy atom. The number of hydrogen-bond acceptors (Lipinski definition) is 6. The van der Waals surface area contributed by atoms with Gasteiger partial charge in [-0.25, -0.2) is 9.97 Å². The third-order valence-electron chi connectivity index (χ3n) is 4.73. The molecule has 4 rings (SSSR count). The minimum absolute atomic E-state index is 0.00942. The van der Waals surface area contributed by atoms with Crippen LogP contribution in [0.2, 0.25) is 0 Å². The standard InChI is InChI=1S/C18H20N4O3/c1-12(22-5-4-14-8-19-10-21-15(14)9-22)18(23)20-7-13-2-3-16-17(6-13)25-11-24-16/h2-3,6,8,10,12H,4-5,7,9,11H2,1H3,(H,20,23)/t12-/m0/s1. The second-order valence-electron chi connectivity index (χ2n) is 6.30. The SMILES string of the molecule is C[C@@H](C(=O)NCc1ccc2c(c1)OCO2)N1CCc2cncnc2C1. The predicted molar refractivity (Wildman–Crippen MR) is 90.0 cm³/mol. The molecule has 0 aliphatic carbocycles. The van der Waals surface area contributed by atoms with E-state index in [1.807, 2.05) is 31.3 Å². The third kappa shape index (κ3) is 3.28. The van der Waals surface area contributed by atoms with Gasteiger partial charge in [-0.1, -0.05) is 6.07 Å². The highest BCUT2D eigenvalue weighted by Crippen LogP contribution is 2.32. The molecule has 1 N–H and O–H groups in total. The Balaban J connectivity index is 1.35. The van der Waals surface area contributed by atoms with Crippen LogP contribution in [0.5, 0.6) is 11.5 Å². The summed E-state index contributed by atoms with van der Waals surface area (Å²) in [5.41, 5.74) is 3.17. The Labute approximate surface area is 146 Å². The molecule has 1 aromatic heterocycles. The van der Waals surface area contributed by atoms with Crippen molar-refractivity contribution < 1.29 is 14.3 Å². The van der Waals surface area contributed by atoms with E-state index in [0.29, 0.717) is 13.1 Å². The molecule has 3 heterocycles. The molecule has 0 saturated carbocycles. The van der Waals surface area contributed by atoms with Crippen LogP contribution in [0.1, 0.15) is 23.7 Å². The van der Waals surface area contributed by atoms with Gasteiger partial charge in [0.15, 0.2) is 11.5 Å². The number of nitrogens with zero attached hydrogens (tertiary/aromatic N) is 3. The fraction of sp³-hybridized carbons (Fsp3) is 0.389. The predicted octanol–water partition coefficient (Wildman–Crippen LogP) is 1.27. The van der Waals surface area contributed by atoms with Crippen LogP contribution in [0.25, 0.3) is 0 Å². The maximum absolute atomic E-state index is 12.5. The highest BCUT2D eigenvalue weighted by molar-refractivity contribution is 5.81. The summed E-state index contributed by atoms with van der Waals surface area (Å²) in [4.78, 5) is 23.1. The van der Waals surface area contributed by atoms with Crippen LogP contribution in [0.15, 0.2) is 30.7 Å². The average Bonchev–Trinajstić information content (AvgIpc) is 3.13. The molecule has 1 amide bonds. The van der Waals surface area contributed by atoms with Crippen LogP contribution >= 0.6 is 0 Å². The van der Waals surface area contributed by atoms with Crippen LogP contribution in [0.4, 0.5) is 0 Å². The first kappa shape index (κ1) is 15.8. The third-order valence-corrected chi connectivity index (χ3v) is 4.73. The van der Waals surface area contributed by atoms with Crippen molar-refractivity contribution in [2.75, 3.05) is 13.3 Å². The van der Waals surface area contributed by atoms with E-state index in [4.69, 9.17) is 9.47 Å². The number of amides is 1. The van der Waals surface area contributed by atoms with Crippen molar-refractivity contribution in [3.05, 3.63) is 47.5 Å². The zero-order chi connectivity index (χ0) is 17.2. The van der Waals surface area contributed by atoms with Crippen LogP contribution in [0.3, 0.4) is 0 Å². The van der Waals surface area contributed by atoms with Crippen LogP contribution in [-0.2, 0) is 24.3 Å². The van der Waals surface area contributed by atoms with E-state index >= 15 is 0 Å². The molecule has 25 heavy (non-hydrogen) atoms. The largest absolute Gasteiger partial charge is 0.454 e. The molecule has 0 bridgehead atoms. The number of fused-ring (bicyclic) bond motifs is 2. The van der Waals surface area contributed by atoms with Gasteiger partial charge in [0.05, 0.1) is 11.7 Å². The number of nitrogens with one attached hydrogen (secondary N) is 1. The van der Waals surface area contributed by atoms with Crippen molar-refractivity contribution in [2.24, 2.45) is 0 Å². The molecule has 1 aromatic carbocycles. The second-order valence-corrected chi connectivity index (χ2v) is 6.30. The Morgan fingerprint density at radius 2 is 2.24 bits per heavy atom. The van der Waals surface area contributed by atoms with E-state index in [0.717, 1.165) is 35.7 Å². The van der Waals surface area contributed by atoms with Crippen LogP contribution in [0, 0.1) is 0 Å². The molecular formula is C18H20N4O3. The van der Waals surface area contributed by atoms with Crippen molar-refractivity contribution in [1.29, 1.82) is 0 Å². The Morgan fingerprint density at radius 3 is 3.16 bits per heavy atom. The number of hydrogen-bond donors (Lipinski definition) is 1. The molecule has 130 valence electrons.